The molecule has 0 radical (unpaired) electrons. The fourth-order valence-corrected chi connectivity index (χ4v) is 3.46. The van der Waals surface area contributed by atoms with Gasteiger partial charge in [-0.15, -0.1) is 0 Å². The van der Waals surface area contributed by atoms with Crippen molar-refractivity contribution < 1.29 is 14.4 Å². The van der Waals surface area contributed by atoms with Crippen LogP contribution in [0.25, 0.3) is 0 Å². The molecular formula is C25H29N2O2+. The van der Waals surface area contributed by atoms with Crippen LogP contribution in [0.5, 0.6) is 5.75 Å². The summed E-state index contributed by atoms with van der Waals surface area (Å²) in [4.78, 5) is 13.9. The van der Waals surface area contributed by atoms with Crippen LogP contribution < -0.4 is 15.0 Å². The number of amides is 1. The average molecular weight is 390 g/mol. The quantitative estimate of drug-likeness (QED) is 0.591. The zero-order valence-electron chi connectivity index (χ0n) is 17.1. The molecule has 0 spiro atoms. The van der Waals surface area contributed by atoms with E-state index in [4.69, 9.17) is 4.74 Å². The highest BCUT2D eigenvalue weighted by Gasteiger charge is 2.18. The van der Waals surface area contributed by atoms with Crippen molar-refractivity contribution >= 4 is 5.91 Å². The Morgan fingerprint density at radius 3 is 2.14 bits per heavy atom. The van der Waals surface area contributed by atoms with Crippen molar-refractivity contribution in [1.29, 1.82) is 0 Å². The molecule has 2 N–H and O–H groups in total. The highest BCUT2D eigenvalue weighted by atomic mass is 16.5. The molecule has 3 aromatic carbocycles. The maximum absolute atomic E-state index is 12.8. The summed E-state index contributed by atoms with van der Waals surface area (Å²) in [7, 11) is 3.70. The molecule has 29 heavy (non-hydrogen) atoms. The summed E-state index contributed by atoms with van der Waals surface area (Å²) in [5.74, 6) is 0.900. The third-order valence-electron chi connectivity index (χ3n) is 4.95. The van der Waals surface area contributed by atoms with Gasteiger partial charge in [0.1, 0.15) is 12.3 Å². The van der Waals surface area contributed by atoms with Crippen LogP contribution in [0, 0.1) is 0 Å². The van der Waals surface area contributed by atoms with E-state index in [1.165, 1.54) is 11.1 Å². The number of nitrogens with one attached hydrogen (secondary N) is 2. The van der Waals surface area contributed by atoms with Crippen LogP contribution in [-0.4, -0.2) is 26.6 Å². The molecular weight excluding hydrogens is 360 g/mol. The normalized spacial score (nSPS) is 12.8. The molecule has 0 aliphatic heterocycles. The molecule has 4 nitrogen and oxygen atoms in total. The first-order chi connectivity index (χ1) is 14.1. The van der Waals surface area contributed by atoms with Gasteiger partial charge in [0.15, 0.2) is 6.54 Å². The Morgan fingerprint density at radius 1 is 0.897 bits per heavy atom. The van der Waals surface area contributed by atoms with Crippen LogP contribution in [0.15, 0.2) is 84.9 Å². The molecule has 0 saturated heterocycles. The Bertz CT molecular complexity index is 880. The summed E-state index contributed by atoms with van der Waals surface area (Å²) in [6, 6.07) is 28.4. The number of methoxy groups -OCH3 is 1. The Kier molecular flexibility index (Phi) is 7.42. The Balaban J connectivity index is 1.61. The summed E-state index contributed by atoms with van der Waals surface area (Å²) in [6.07, 6.45) is 0.772. The standard InChI is InChI=1S/C25H28N2O2/c1-27(18-21-13-15-23(29-2)16-14-21)19-25(28)26-24(22-11-7-4-8-12-22)17-20-9-5-3-6-10-20/h3-16,24H,17-19H2,1-2H3,(H,26,28)/p+1/t24-/m1/s1. The molecule has 0 aromatic heterocycles. The van der Waals surface area contributed by atoms with E-state index in [0.29, 0.717) is 6.54 Å². The van der Waals surface area contributed by atoms with Crippen LogP contribution in [0.1, 0.15) is 22.7 Å². The van der Waals surface area contributed by atoms with Crippen molar-refractivity contribution in [3.05, 3.63) is 102 Å². The van der Waals surface area contributed by atoms with Gasteiger partial charge in [-0.1, -0.05) is 60.7 Å². The lowest BCUT2D eigenvalue weighted by atomic mass is 9.99. The van der Waals surface area contributed by atoms with Gasteiger partial charge in [-0.3, -0.25) is 4.79 Å². The van der Waals surface area contributed by atoms with Crippen molar-refractivity contribution in [2.45, 2.75) is 19.0 Å². The highest BCUT2D eigenvalue weighted by molar-refractivity contribution is 5.77. The molecule has 2 atom stereocenters. The largest absolute Gasteiger partial charge is 0.497 e. The lowest BCUT2D eigenvalue weighted by Crippen LogP contribution is -3.08. The number of likely N-dealkylation sites (N-methyl/N-ethyl adjacent to an activating group) is 1. The minimum atomic E-state index is -0.0418. The molecule has 0 bridgehead atoms. The van der Waals surface area contributed by atoms with E-state index in [-0.39, 0.29) is 11.9 Å². The van der Waals surface area contributed by atoms with E-state index in [2.05, 4.69) is 29.6 Å². The van der Waals surface area contributed by atoms with E-state index < -0.39 is 0 Å². The minimum absolute atomic E-state index is 0.0418. The molecule has 0 aliphatic carbocycles. The molecule has 0 aliphatic rings. The maximum atomic E-state index is 12.8. The Labute approximate surface area is 173 Å². The minimum Gasteiger partial charge on any atom is -0.497 e. The molecule has 3 rings (SSSR count). The summed E-state index contributed by atoms with van der Waals surface area (Å²) >= 11 is 0. The average Bonchev–Trinajstić information content (AvgIpc) is 2.75. The molecule has 0 heterocycles. The second-order valence-corrected chi connectivity index (χ2v) is 7.38. The molecule has 0 fully saturated rings. The highest BCUT2D eigenvalue weighted by Crippen LogP contribution is 2.18. The number of benzene rings is 3. The van der Waals surface area contributed by atoms with Crippen LogP contribution >= 0.6 is 0 Å². The Morgan fingerprint density at radius 2 is 1.52 bits per heavy atom. The number of quaternary nitrogens is 1. The van der Waals surface area contributed by atoms with Gasteiger partial charge in [0.2, 0.25) is 0 Å². The smallest absolute Gasteiger partial charge is 0.275 e. The van der Waals surface area contributed by atoms with Crippen molar-refractivity contribution in [3.63, 3.8) is 0 Å². The summed E-state index contributed by atoms with van der Waals surface area (Å²) < 4.78 is 5.20. The van der Waals surface area contributed by atoms with Crippen LogP contribution in [0.3, 0.4) is 0 Å². The topological polar surface area (TPSA) is 42.8 Å². The molecule has 4 heteroatoms. The molecule has 1 unspecified atom stereocenters. The lowest BCUT2D eigenvalue weighted by molar-refractivity contribution is -0.885. The van der Waals surface area contributed by atoms with Gasteiger partial charge in [0.05, 0.1) is 20.2 Å². The van der Waals surface area contributed by atoms with E-state index >= 15 is 0 Å². The maximum Gasteiger partial charge on any atom is 0.275 e. The van der Waals surface area contributed by atoms with Gasteiger partial charge in [0.25, 0.3) is 5.91 Å². The van der Waals surface area contributed by atoms with Gasteiger partial charge in [-0.25, -0.2) is 0 Å². The van der Waals surface area contributed by atoms with E-state index in [9.17, 15) is 4.79 Å². The fourth-order valence-electron chi connectivity index (χ4n) is 3.46. The van der Waals surface area contributed by atoms with E-state index in [1.54, 1.807) is 7.11 Å². The van der Waals surface area contributed by atoms with Crippen molar-refractivity contribution in [2.75, 3.05) is 20.7 Å². The summed E-state index contributed by atoms with van der Waals surface area (Å²) in [5.41, 5.74) is 3.51. The number of carbonyl (C=O) groups is 1. The summed E-state index contributed by atoms with van der Waals surface area (Å²) in [5, 5.41) is 3.24. The van der Waals surface area contributed by atoms with E-state index in [0.717, 1.165) is 29.2 Å². The Hall–Kier alpha value is -3.11. The first-order valence-electron chi connectivity index (χ1n) is 9.96. The van der Waals surface area contributed by atoms with Gasteiger partial charge < -0.3 is 15.0 Å². The van der Waals surface area contributed by atoms with Crippen molar-refractivity contribution in [2.24, 2.45) is 0 Å². The number of rotatable bonds is 9. The van der Waals surface area contributed by atoms with Gasteiger partial charge in [-0.2, -0.15) is 0 Å². The zero-order valence-corrected chi connectivity index (χ0v) is 17.1. The third-order valence-corrected chi connectivity index (χ3v) is 4.95. The first kappa shape index (κ1) is 20.6. The number of carbonyl (C=O) groups excluding carboxylic acids is 1. The molecule has 150 valence electrons. The molecule has 0 saturated carbocycles. The molecule has 3 aromatic rings. The number of hydrogen-bond acceptors (Lipinski definition) is 2. The second-order valence-electron chi connectivity index (χ2n) is 7.38. The third kappa shape index (κ3) is 6.47. The van der Waals surface area contributed by atoms with Gasteiger partial charge >= 0.3 is 0 Å². The number of hydrogen-bond donors (Lipinski definition) is 2. The first-order valence-corrected chi connectivity index (χ1v) is 9.96. The van der Waals surface area contributed by atoms with Crippen molar-refractivity contribution in [3.8, 4) is 5.75 Å². The van der Waals surface area contributed by atoms with Gasteiger partial charge in [-0.05, 0) is 41.8 Å². The van der Waals surface area contributed by atoms with Crippen molar-refractivity contribution in [1.82, 2.24) is 5.32 Å². The predicted molar refractivity (Wildman–Crippen MR) is 116 cm³/mol. The fraction of sp³-hybridized carbons (Fsp3) is 0.240. The van der Waals surface area contributed by atoms with Crippen LogP contribution in [-0.2, 0) is 17.8 Å². The zero-order chi connectivity index (χ0) is 20.5. The van der Waals surface area contributed by atoms with Crippen LogP contribution in [0.4, 0.5) is 0 Å². The number of ether oxygens (including phenoxy) is 1. The summed E-state index contributed by atoms with van der Waals surface area (Å²) in [6.45, 7) is 1.20. The second kappa shape index (κ2) is 10.4. The SMILES string of the molecule is COc1ccc(C[NH+](C)CC(=O)N[C@H](Cc2ccccc2)c2ccccc2)cc1. The molecule has 1 amide bonds. The monoisotopic (exact) mass is 389 g/mol. The predicted octanol–water partition coefficient (Wildman–Crippen LogP) is 2.81. The van der Waals surface area contributed by atoms with Gasteiger partial charge in [0, 0.05) is 5.56 Å². The van der Waals surface area contributed by atoms with Crippen LogP contribution in [0.2, 0.25) is 0 Å². The lowest BCUT2D eigenvalue weighted by Gasteiger charge is -2.21. The van der Waals surface area contributed by atoms with E-state index in [1.807, 2.05) is 67.7 Å².